The van der Waals surface area contributed by atoms with Gasteiger partial charge >= 0.3 is 5.97 Å². The van der Waals surface area contributed by atoms with Gasteiger partial charge in [0.15, 0.2) is 0 Å². The van der Waals surface area contributed by atoms with Gasteiger partial charge in [-0.3, -0.25) is 10.1 Å². The maximum atomic E-state index is 11.3. The van der Waals surface area contributed by atoms with Crippen molar-refractivity contribution in [3.8, 4) is 0 Å². The second-order valence-electron chi connectivity index (χ2n) is 6.35. The van der Waals surface area contributed by atoms with Gasteiger partial charge < -0.3 is 9.84 Å². The first kappa shape index (κ1) is 18.4. The summed E-state index contributed by atoms with van der Waals surface area (Å²) in [7, 11) is 0. The summed E-state index contributed by atoms with van der Waals surface area (Å²) in [5, 5.41) is 12.4. The molecule has 0 aromatic heterocycles. The van der Waals surface area contributed by atoms with Gasteiger partial charge in [0.2, 0.25) is 0 Å². The lowest BCUT2D eigenvalue weighted by molar-refractivity contribution is -0.145. The highest BCUT2D eigenvalue weighted by atomic mass is 16.5. The smallest absolute Gasteiger partial charge is 0.323 e. The first-order chi connectivity index (χ1) is 8.67. The van der Waals surface area contributed by atoms with Gasteiger partial charge in [0.05, 0.1) is 6.10 Å². The van der Waals surface area contributed by atoms with E-state index in [1.165, 1.54) is 0 Å². The fourth-order valence-electron chi connectivity index (χ4n) is 2.32. The largest absolute Gasteiger partial charge is 0.480 e. The van der Waals surface area contributed by atoms with Crippen LogP contribution in [0.2, 0.25) is 0 Å². The molecule has 0 aliphatic carbocycles. The normalized spacial score (nSPS) is 16.6. The SMILES string of the molecule is CC(C)CC(C)OCCCC(C)(NC(C)C)C(=O)O. The molecule has 0 aromatic rings. The van der Waals surface area contributed by atoms with E-state index in [1.54, 1.807) is 6.92 Å². The van der Waals surface area contributed by atoms with Crippen molar-refractivity contribution in [2.45, 2.75) is 78.5 Å². The fraction of sp³-hybridized carbons (Fsp3) is 0.933. The zero-order chi connectivity index (χ0) is 15.1. The average molecular weight is 273 g/mol. The van der Waals surface area contributed by atoms with Crippen LogP contribution in [0, 0.1) is 5.92 Å². The Bertz CT molecular complexity index is 266. The first-order valence-electron chi connectivity index (χ1n) is 7.30. The van der Waals surface area contributed by atoms with E-state index in [0.29, 0.717) is 18.9 Å². The minimum Gasteiger partial charge on any atom is -0.480 e. The van der Waals surface area contributed by atoms with Gasteiger partial charge in [-0.1, -0.05) is 13.8 Å². The number of aliphatic carboxylic acids is 1. The molecule has 0 radical (unpaired) electrons. The van der Waals surface area contributed by atoms with Crippen molar-refractivity contribution >= 4 is 5.97 Å². The summed E-state index contributed by atoms with van der Waals surface area (Å²) in [5.41, 5.74) is -0.862. The van der Waals surface area contributed by atoms with Crippen LogP contribution >= 0.6 is 0 Å². The van der Waals surface area contributed by atoms with Crippen molar-refractivity contribution in [3.05, 3.63) is 0 Å². The average Bonchev–Trinajstić information content (AvgIpc) is 2.22. The molecule has 0 heterocycles. The molecule has 0 rings (SSSR count). The predicted molar refractivity (Wildman–Crippen MR) is 78.4 cm³/mol. The molecule has 4 heteroatoms. The summed E-state index contributed by atoms with van der Waals surface area (Å²) in [5.74, 6) is -0.168. The number of hydrogen-bond acceptors (Lipinski definition) is 3. The van der Waals surface area contributed by atoms with Gasteiger partial charge in [-0.25, -0.2) is 0 Å². The predicted octanol–water partition coefficient (Wildman–Crippen LogP) is 3.06. The summed E-state index contributed by atoms with van der Waals surface area (Å²) < 4.78 is 5.71. The molecule has 0 aliphatic heterocycles. The molecule has 0 amide bonds. The van der Waals surface area contributed by atoms with E-state index >= 15 is 0 Å². The van der Waals surface area contributed by atoms with Crippen molar-refractivity contribution in [2.24, 2.45) is 5.92 Å². The lowest BCUT2D eigenvalue weighted by Gasteiger charge is -2.29. The highest BCUT2D eigenvalue weighted by molar-refractivity contribution is 5.78. The second-order valence-corrected chi connectivity index (χ2v) is 6.35. The molecule has 0 bridgehead atoms. The molecule has 0 saturated heterocycles. The van der Waals surface area contributed by atoms with Gasteiger partial charge in [0.25, 0.3) is 0 Å². The molecular weight excluding hydrogens is 242 g/mol. The van der Waals surface area contributed by atoms with E-state index in [1.807, 2.05) is 13.8 Å². The van der Waals surface area contributed by atoms with Crippen LogP contribution in [0.15, 0.2) is 0 Å². The minimum absolute atomic E-state index is 0.155. The zero-order valence-corrected chi connectivity index (χ0v) is 13.3. The summed E-state index contributed by atoms with van der Waals surface area (Å²) in [6, 6.07) is 0.155. The molecule has 0 spiro atoms. The van der Waals surface area contributed by atoms with Gasteiger partial charge in [0.1, 0.15) is 5.54 Å². The van der Waals surface area contributed by atoms with Crippen LogP contribution in [-0.2, 0) is 9.53 Å². The molecule has 114 valence electrons. The summed E-state index contributed by atoms with van der Waals surface area (Å²) in [6.45, 7) is 12.7. The van der Waals surface area contributed by atoms with Crippen LogP contribution in [0.5, 0.6) is 0 Å². The number of nitrogens with one attached hydrogen (secondary N) is 1. The Labute approximate surface area is 117 Å². The molecule has 0 saturated carbocycles. The summed E-state index contributed by atoms with van der Waals surface area (Å²) in [4.78, 5) is 11.3. The van der Waals surface area contributed by atoms with Crippen LogP contribution in [0.4, 0.5) is 0 Å². The van der Waals surface area contributed by atoms with Crippen LogP contribution < -0.4 is 5.32 Å². The number of carboxylic acid groups (broad SMARTS) is 1. The Hall–Kier alpha value is -0.610. The van der Waals surface area contributed by atoms with Gasteiger partial charge in [-0.15, -0.1) is 0 Å². The Balaban J connectivity index is 4.04. The summed E-state index contributed by atoms with van der Waals surface area (Å²) >= 11 is 0. The number of hydrogen-bond donors (Lipinski definition) is 2. The number of rotatable bonds is 10. The van der Waals surface area contributed by atoms with Crippen LogP contribution in [0.25, 0.3) is 0 Å². The Morgan fingerprint density at radius 1 is 1.26 bits per heavy atom. The van der Waals surface area contributed by atoms with E-state index in [9.17, 15) is 9.90 Å². The Morgan fingerprint density at radius 3 is 2.26 bits per heavy atom. The van der Waals surface area contributed by atoms with Gasteiger partial charge in [-0.05, 0) is 52.9 Å². The highest BCUT2D eigenvalue weighted by Gasteiger charge is 2.32. The quantitative estimate of drug-likeness (QED) is 0.601. The lowest BCUT2D eigenvalue weighted by atomic mass is 9.95. The topological polar surface area (TPSA) is 58.6 Å². The molecule has 2 unspecified atom stereocenters. The third-order valence-electron chi connectivity index (χ3n) is 3.11. The second kappa shape index (κ2) is 8.54. The molecule has 4 nitrogen and oxygen atoms in total. The van der Waals surface area contributed by atoms with E-state index in [-0.39, 0.29) is 12.1 Å². The standard InChI is InChI=1S/C15H31NO3/c1-11(2)10-13(5)19-9-7-8-15(6,14(17)18)16-12(3)4/h11-13,16H,7-10H2,1-6H3,(H,17,18). The third kappa shape index (κ3) is 8.22. The van der Waals surface area contributed by atoms with Crippen molar-refractivity contribution in [1.29, 1.82) is 0 Å². The van der Waals surface area contributed by atoms with Crippen LogP contribution in [-0.4, -0.2) is 35.4 Å². The minimum atomic E-state index is -0.862. The number of carbonyl (C=O) groups is 1. The van der Waals surface area contributed by atoms with E-state index in [4.69, 9.17) is 4.74 Å². The van der Waals surface area contributed by atoms with E-state index in [0.717, 1.165) is 12.8 Å². The van der Waals surface area contributed by atoms with E-state index < -0.39 is 11.5 Å². The number of ether oxygens (including phenoxy) is 1. The van der Waals surface area contributed by atoms with Crippen molar-refractivity contribution in [1.82, 2.24) is 5.32 Å². The van der Waals surface area contributed by atoms with Gasteiger partial charge in [0, 0.05) is 12.6 Å². The van der Waals surface area contributed by atoms with E-state index in [2.05, 4.69) is 26.1 Å². The maximum absolute atomic E-state index is 11.3. The van der Waals surface area contributed by atoms with Crippen LogP contribution in [0.1, 0.15) is 60.8 Å². The molecule has 0 aliphatic rings. The zero-order valence-electron chi connectivity index (χ0n) is 13.3. The molecular formula is C15H31NO3. The maximum Gasteiger partial charge on any atom is 0.323 e. The lowest BCUT2D eigenvalue weighted by Crippen LogP contribution is -2.52. The fourth-order valence-corrected chi connectivity index (χ4v) is 2.32. The molecule has 19 heavy (non-hydrogen) atoms. The Morgan fingerprint density at radius 2 is 1.84 bits per heavy atom. The monoisotopic (exact) mass is 273 g/mol. The molecule has 2 atom stereocenters. The number of carboxylic acids is 1. The van der Waals surface area contributed by atoms with Gasteiger partial charge in [-0.2, -0.15) is 0 Å². The Kier molecular flexibility index (Phi) is 8.26. The van der Waals surface area contributed by atoms with Crippen molar-refractivity contribution < 1.29 is 14.6 Å². The first-order valence-corrected chi connectivity index (χ1v) is 7.30. The molecule has 0 fully saturated rings. The highest BCUT2D eigenvalue weighted by Crippen LogP contribution is 2.15. The summed E-state index contributed by atoms with van der Waals surface area (Å²) in [6.07, 6.45) is 2.62. The van der Waals surface area contributed by atoms with Crippen molar-refractivity contribution in [2.75, 3.05) is 6.61 Å². The molecule has 2 N–H and O–H groups in total. The molecule has 0 aromatic carbocycles. The van der Waals surface area contributed by atoms with Crippen molar-refractivity contribution in [3.63, 3.8) is 0 Å². The van der Waals surface area contributed by atoms with Crippen LogP contribution in [0.3, 0.4) is 0 Å². The third-order valence-corrected chi connectivity index (χ3v) is 3.11.